The number of amides is 2. The summed E-state index contributed by atoms with van der Waals surface area (Å²) in [6, 6.07) is 6.20. The first-order chi connectivity index (χ1) is 11.2. The molecule has 1 aliphatic rings. The molecule has 0 unspecified atom stereocenters. The highest BCUT2D eigenvalue weighted by Gasteiger charge is 2.21. The van der Waals surface area contributed by atoms with Gasteiger partial charge >= 0.3 is 6.03 Å². The summed E-state index contributed by atoms with van der Waals surface area (Å²) in [6.07, 6.45) is 1.83. The minimum Gasteiger partial charge on any atom is -0.493 e. The lowest BCUT2D eigenvalue weighted by molar-refractivity contribution is 0.183. The van der Waals surface area contributed by atoms with Crippen molar-refractivity contribution in [1.82, 2.24) is 10.2 Å². The van der Waals surface area contributed by atoms with E-state index in [0.717, 1.165) is 48.0 Å². The summed E-state index contributed by atoms with van der Waals surface area (Å²) >= 11 is 1.92. The Kier molecular flexibility index (Phi) is 6.89. The van der Waals surface area contributed by atoms with Gasteiger partial charge in [0.25, 0.3) is 0 Å². The highest BCUT2D eigenvalue weighted by Crippen LogP contribution is 2.27. The molecule has 1 N–H and O–H groups in total. The van der Waals surface area contributed by atoms with E-state index in [1.165, 1.54) is 0 Å². The van der Waals surface area contributed by atoms with Crippen LogP contribution in [0.4, 0.5) is 4.79 Å². The molecule has 0 bridgehead atoms. The van der Waals surface area contributed by atoms with Gasteiger partial charge < -0.3 is 19.7 Å². The minimum absolute atomic E-state index is 0.0421. The second-order valence-electron chi connectivity index (χ2n) is 5.61. The van der Waals surface area contributed by atoms with Gasteiger partial charge in [0.15, 0.2) is 11.5 Å². The van der Waals surface area contributed by atoms with Gasteiger partial charge in [-0.05, 0) is 43.2 Å². The quantitative estimate of drug-likeness (QED) is 0.897. The smallest absolute Gasteiger partial charge is 0.317 e. The third kappa shape index (κ3) is 4.96. The number of hydrogen-bond donors (Lipinski definition) is 1. The van der Waals surface area contributed by atoms with E-state index in [9.17, 15) is 4.79 Å². The minimum atomic E-state index is 0.0421. The summed E-state index contributed by atoms with van der Waals surface area (Å²) in [7, 11) is 3.25. The number of thioether (sulfide) groups is 1. The molecule has 128 valence electrons. The fourth-order valence-corrected chi connectivity index (χ4v) is 3.69. The molecule has 6 heteroatoms. The molecular weight excluding hydrogens is 312 g/mol. The zero-order valence-corrected chi connectivity index (χ0v) is 14.9. The molecule has 1 heterocycles. The van der Waals surface area contributed by atoms with Gasteiger partial charge in [0.05, 0.1) is 14.2 Å². The van der Waals surface area contributed by atoms with Crippen molar-refractivity contribution in [3.05, 3.63) is 23.8 Å². The second kappa shape index (κ2) is 8.91. The predicted molar refractivity (Wildman–Crippen MR) is 94.8 cm³/mol. The predicted octanol–water partition coefficient (Wildman–Crippen LogP) is 2.78. The Labute approximate surface area is 142 Å². The van der Waals surface area contributed by atoms with Crippen LogP contribution in [0.25, 0.3) is 0 Å². The van der Waals surface area contributed by atoms with Gasteiger partial charge in [0.1, 0.15) is 0 Å². The number of nitrogens with one attached hydrogen (secondary N) is 1. The molecule has 2 rings (SSSR count). The number of ether oxygens (including phenoxy) is 2. The molecule has 5 nitrogen and oxygen atoms in total. The highest BCUT2D eigenvalue weighted by atomic mass is 32.2. The van der Waals surface area contributed by atoms with Crippen molar-refractivity contribution in [3.8, 4) is 11.5 Å². The monoisotopic (exact) mass is 338 g/mol. The number of benzene rings is 1. The first-order valence-corrected chi connectivity index (χ1v) is 9.14. The molecule has 23 heavy (non-hydrogen) atoms. The van der Waals surface area contributed by atoms with Crippen molar-refractivity contribution in [3.63, 3.8) is 0 Å². The van der Waals surface area contributed by atoms with Crippen LogP contribution in [0.1, 0.15) is 18.9 Å². The first-order valence-electron chi connectivity index (χ1n) is 7.98. The average molecular weight is 338 g/mol. The summed E-state index contributed by atoms with van der Waals surface area (Å²) in [5.41, 5.74) is 1.11. The summed E-state index contributed by atoms with van der Waals surface area (Å²) < 4.78 is 10.5. The maximum Gasteiger partial charge on any atom is 0.317 e. The first kappa shape index (κ1) is 17.8. The molecule has 0 saturated carbocycles. The van der Waals surface area contributed by atoms with Gasteiger partial charge in [-0.25, -0.2) is 4.79 Å². The number of rotatable bonds is 5. The van der Waals surface area contributed by atoms with Crippen molar-refractivity contribution in [1.29, 1.82) is 0 Å². The lowest BCUT2D eigenvalue weighted by atomic mass is 10.1. The molecule has 0 aromatic heterocycles. The largest absolute Gasteiger partial charge is 0.493 e. The Morgan fingerprint density at radius 1 is 1.30 bits per heavy atom. The number of urea groups is 1. The maximum atomic E-state index is 12.3. The normalized spacial score (nSPS) is 18.2. The average Bonchev–Trinajstić information content (AvgIpc) is 2.79. The number of carbonyl (C=O) groups is 1. The van der Waals surface area contributed by atoms with E-state index < -0.39 is 0 Å². The van der Waals surface area contributed by atoms with Gasteiger partial charge in [-0.2, -0.15) is 11.8 Å². The van der Waals surface area contributed by atoms with Crippen molar-refractivity contribution in [2.45, 2.75) is 25.8 Å². The van der Waals surface area contributed by atoms with Crippen LogP contribution < -0.4 is 14.8 Å². The Bertz CT molecular complexity index is 525. The molecule has 0 aliphatic carbocycles. The molecule has 0 spiro atoms. The third-order valence-electron chi connectivity index (χ3n) is 4.09. The lowest BCUT2D eigenvalue weighted by Crippen LogP contribution is -2.46. The summed E-state index contributed by atoms with van der Waals surface area (Å²) in [4.78, 5) is 14.3. The summed E-state index contributed by atoms with van der Waals surface area (Å²) in [5.74, 6) is 3.59. The van der Waals surface area contributed by atoms with E-state index in [-0.39, 0.29) is 6.03 Å². The standard InChI is InChI=1S/C17H26N2O3S/c1-13-7-10-23-11-9-19(13)17(20)18-8-6-14-4-5-15(21-2)16(12-14)22-3/h4-5,12-13H,6-11H2,1-3H3,(H,18,20)/t13-/m1/s1. The second-order valence-corrected chi connectivity index (χ2v) is 6.84. The molecule has 1 atom stereocenters. The number of hydrogen-bond acceptors (Lipinski definition) is 4. The molecule has 0 radical (unpaired) electrons. The SMILES string of the molecule is COc1ccc(CCNC(=O)N2CCSCC[C@H]2C)cc1OC. The van der Waals surface area contributed by atoms with Crippen LogP contribution in [0.3, 0.4) is 0 Å². The van der Waals surface area contributed by atoms with Gasteiger partial charge in [-0.15, -0.1) is 0 Å². The van der Waals surface area contributed by atoms with Crippen molar-refractivity contribution < 1.29 is 14.3 Å². The highest BCUT2D eigenvalue weighted by molar-refractivity contribution is 7.99. The third-order valence-corrected chi connectivity index (χ3v) is 5.08. The van der Waals surface area contributed by atoms with Crippen LogP contribution in [0, 0.1) is 0 Å². The maximum absolute atomic E-state index is 12.3. The van der Waals surface area contributed by atoms with Crippen LogP contribution in [0.5, 0.6) is 11.5 Å². The van der Waals surface area contributed by atoms with E-state index in [1.54, 1.807) is 14.2 Å². The zero-order valence-electron chi connectivity index (χ0n) is 14.1. The van der Waals surface area contributed by atoms with Crippen LogP contribution in [0.2, 0.25) is 0 Å². The van der Waals surface area contributed by atoms with Crippen molar-refractivity contribution in [2.75, 3.05) is 38.8 Å². The molecule has 1 aromatic carbocycles. The van der Waals surface area contributed by atoms with E-state index in [4.69, 9.17) is 9.47 Å². The number of methoxy groups -OCH3 is 2. The fraction of sp³-hybridized carbons (Fsp3) is 0.588. The zero-order chi connectivity index (χ0) is 16.7. The molecule has 1 saturated heterocycles. The van der Waals surface area contributed by atoms with E-state index in [2.05, 4.69) is 12.2 Å². The molecule has 1 fully saturated rings. The van der Waals surface area contributed by atoms with E-state index in [1.807, 2.05) is 34.9 Å². The van der Waals surface area contributed by atoms with Crippen LogP contribution in [-0.4, -0.2) is 55.8 Å². The Balaban J connectivity index is 1.85. The molecule has 2 amide bonds. The summed E-state index contributed by atoms with van der Waals surface area (Å²) in [5, 5.41) is 3.03. The van der Waals surface area contributed by atoms with Gasteiger partial charge in [-0.3, -0.25) is 0 Å². The Morgan fingerprint density at radius 3 is 2.83 bits per heavy atom. The number of nitrogens with zero attached hydrogens (tertiary/aromatic N) is 1. The van der Waals surface area contributed by atoms with Gasteiger partial charge in [0.2, 0.25) is 0 Å². The molecule has 1 aliphatic heterocycles. The van der Waals surface area contributed by atoms with E-state index >= 15 is 0 Å². The van der Waals surface area contributed by atoms with Crippen LogP contribution in [0.15, 0.2) is 18.2 Å². The van der Waals surface area contributed by atoms with Crippen molar-refractivity contribution in [2.24, 2.45) is 0 Å². The fourth-order valence-electron chi connectivity index (χ4n) is 2.65. The summed E-state index contributed by atoms with van der Waals surface area (Å²) in [6.45, 7) is 3.57. The van der Waals surface area contributed by atoms with Gasteiger partial charge in [0, 0.05) is 24.9 Å². The topological polar surface area (TPSA) is 50.8 Å². The van der Waals surface area contributed by atoms with Crippen LogP contribution >= 0.6 is 11.8 Å². The van der Waals surface area contributed by atoms with E-state index in [0.29, 0.717) is 12.6 Å². The van der Waals surface area contributed by atoms with Gasteiger partial charge in [-0.1, -0.05) is 6.07 Å². The van der Waals surface area contributed by atoms with Crippen LogP contribution in [-0.2, 0) is 6.42 Å². The van der Waals surface area contributed by atoms with Crippen molar-refractivity contribution >= 4 is 17.8 Å². The lowest BCUT2D eigenvalue weighted by Gasteiger charge is -2.27. The molecule has 1 aromatic rings. The molecular formula is C17H26N2O3S. The number of carbonyl (C=O) groups excluding carboxylic acids is 1. The Morgan fingerprint density at radius 2 is 2.09 bits per heavy atom. The Hall–Kier alpha value is -1.56.